The number of benzene rings is 2. The minimum atomic E-state index is 0.804. The molecule has 0 N–H and O–H groups in total. The highest BCUT2D eigenvalue weighted by molar-refractivity contribution is 5.77. The molecule has 0 aliphatic carbocycles. The molecule has 0 saturated carbocycles. The van der Waals surface area contributed by atoms with Gasteiger partial charge in [-0.15, -0.1) is 0 Å². The molecular formula is C15H14O. The fraction of sp³-hybridized carbons (Fsp3) is 0.133. The third kappa shape index (κ3) is 2.57. The van der Waals surface area contributed by atoms with Gasteiger partial charge in [-0.3, -0.25) is 4.79 Å². The number of carbonyl (C=O) groups excluding carboxylic acids is 1. The van der Waals surface area contributed by atoms with Crippen LogP contribution in [0.3, 0.4) is 0 Å². The van der Waals surface area contributed by atoms with Gasteiger partial charge in [-0.1, -0.05) is 54.6 Å². The lowest BCUT2D eigenvalue weighted by Gasteiger charge is -2.04. The summed E-state index contributed by atoms with van der Waals surface area (Å²) in [5.41, 5.74) is 3.24. The first-order valence-electron chi connectivity index (χ1n) is 5.47. The van der Waals surface area contributed by atoms with Crippen LogP contribution in [0.4, 0.5) is 0 Å². The van der Waals surface area contributed by atoms with Crippen LogP contribution in [0.15, 0.2) is 54.6 Å². The minimum absolute atomic E-state index is 0.804. The van der Waals surface area contributed by atoms with Gasteiger partial charge in [0, 0.05) is 5.56 Å². The Kier molecular flexibility index (Phi) is 3.50. The van der Waals surface area contributed by atoms with Gasteiger partial charge in [0.25, 0.3) is 0 Å². The minimum Gasteiger partial charge on any atom is -0.298 e. The second kappa shape index (κ2) is 5.26. The summed E-state index contributed by atoms with van der Waals surface area (Å²) in [7, 11) is 0. The molecule has 0 radical (unpaired) electrons. The Balaban J connectivity index is 2.08. The van der Waals surface area contributed by atoms with Gasteiger partial charge in [-0.2, -0.15) is 0 Å². The molecule has 0 bridgehead atoms. The maximum Gasteiger partial charge on any atom is 0.150 e. The Morgan fingerprint density at radius 2 is 1.50 bits per heavy atom. The molecule has 0 unspecified atom stereocenters. The number of hydrogen-bond acceptors (Lipinski definition) is 1. The molecule has 0 aliphatic heterocycles. The molecule has 2 rings (SSSR count). The first-order valence-corrected chi connectivity index (χ1v) is 5.47. The Morgan fingerprint density at radius 3 is 2.25 bits per heavy atom. The summed E-state index contributed by atoms with van der Waals surface area (Å²) < 4.78 is 0. The van der Waals surface area contributed by atoms with Gasteiger partial charge >= 0.3 is 0 Å². The standard InChI is InChI=1S/C15H14O/c16-12-15-9-5-4-8-14(15)11-10-13-6-2-1-3-7-13/h1-9,12H,10-11H2. The lowest BCUT2D eigenvalue weighted by molar-refractivity contribution is 0.112. The molecule has 0 aromatic heterocycles. The van der Waals surface area contributed by atoms with Crippen molar-refractivity contribution < 1.29 is 4.79 Å². The number of aldehydes is 1. The fourth-order valence-corrected chi connectivity index (χ4v) is 1.80. The molecule has 0 saturated heterocycles. The SMILES string of the molecule is O=Cc1ccccc1CCc1ccccc1. The van der Waals surface area contributed by atoms with Crippen molar-refractivity contribution in [2.45, 2.75) is 12.8 Å². The van der Waals surface area contributed by atoms with E-state index in [0.717, 1.165) is 30.3 Å². The largest absolute Gasteiger partial charge is 0.298 e. The Labute approximate surface area is 95.7 Å². The van der Waals surface area contributed by atoms with E-state index in [1.165, 1.54) is 5.56 Å². The maximum absolute atomic E-state index is 10.8. The zero-order chi connectivity index (χ0) is 11.2. The average Bonchev–Trinajstić information content (AvgIpc) is 2.38. The molecule has 0 aliphatic rings. The third-order valence-corrected chi connectivity index (χ3v) is 2.71. The zero-order valence-electron chi connectivity index (χ0n) is 9.10. The summed E-state index contributed by atoms with van der Waals surface area (Å²) in [5.74, 6) is 0. The number of carbonyl (C=O) groups is 1. The van der Waals surface area contributed by atoms with E-state index in [-0.39, 0.29) is 0 Å². The highest BCUT2D eigenvalue weighted by Gasteiger charge is 2.00. The smallest absolute Gasteiger partial charge is 0.150 e. The maximum atomic E-state index is 10.8. The third-order valence-electron chi connectivity index (χ3n) is 2.71. The van der Waals surface area contributed by atoms with E-state index < -0.39 is 0 Å². The van der Waals surface area contributed by atoms with Gasteiger partial charge in [0.05, 0.1) is 0 Å². The summed E-state index contributed by atoms with van der Waals surface area (Å²) in [6.45, 7) is 0. The molecule has 1 heteroatoms. The molecule has 2 aromatic rings. The summed E-state index contributed by atoms with van der Waals surface area (Å²) >= 11 is 0. The van der Waals surface area contributed by atoms with E-state index in [0.29, 0.717) is 0 Å². The van der Waals surface area contributed by atoms with Crippen LogP contribution >= 0.6 is 0 Å². The van der Waals surface area contributed by atoms with Crippen LogP contribution in [0.2, 0.25) is 0 Å². The van der Waals surface area contributed by atoms with Crippen LogP contribution < -0.4 is 0 Å². The highest BCUT2D eigenvalue weighted by atomic mass is 16.1. The molecule has 0 amide bonds. The topological polar surface area (TPSA) is 17.1 Å². The van der Waals surface area contributed by atoms with E-state index in [1.807, 2.05) is 42.5 Å². The quantitative estimate of drug-likeness (QED) is 0.708. The van der Waals surface area contributed by atoms with E-state index in [4.69, 9.17) is 0 Å². The van der Waals surface area contributed by atoms with Gasteiger partial charge in [0.15, 0.2) is 0 Å². The van der Waals surface area contributed by atoms with Crippen LogP contribution in [0.25, 0.3) is 0 Å². The van der Waals surface area contributed by atoms with Crippen molar-refractivity contribution in [1.29, 1.82) is 0 Å². The Bertz CT molecular complexity index is 460. The normalized spacial score (nSPS) is 10.0. The lowest BCUT2D eigenvalue weighted by Crippen LogP contribution is -1.95. The number of hydrogen-bond donors (Lipinski definition) is 0. The van der Waals surface area contributed by atoms with Gasteiger partial charge in [0.2, 0.25) is 0 Å². The first-order chi connectivity index (χ1) is 7.90. The molecule has 0 fully saturated rings. The Hall–Kier alpha value is -1.89. The molecule has 16 heavy (non-hydrogen) atoms. The van der Waals surface area contributed by atoms with Crippen molar-refractivity contribution in [2.24, 2.45) is 0 Å². The number of aryl methyl sites for hydroxylation is 2. The van der Waals surface area contributed by atoms with Gasteiger partial charge < -0.3 is 0 Å². The van der Waals surface area contributed by atoms with Crippen molar-refractivity contribution in [1.82, 2.24) is 0 Å². The summed E-state index contributed by atoms with van der Waals surface area (Å²) in [6, 6.07) is 18.1. The van der Waals surface area contributed by atoms with Crippen LogP contribution in [0, 0.1) is 0 Å². The van der Waals surface area contributed by atoms with Gasteiger partial charge in [0.1, 0.15) is 6.29 Å². The second-order valence-electron chi connectivity index (χ2n) is 3.80. The Morgan fingerprint density at radius 1 is 0.812 bits per heavy atom. The van der Waals surface area contributed by atoms with Gasteiger partial charge in [-0.25, -0.2) is 0 Å². The molecule has 0 heterocycles. The van der Waals surface area contributed by atoms with Crippen molar-refractivity contribution >= 4 is 6.29 Å². The highest BCUT2D eigenvalue weighted by Crippen LogP contribution is 2.10. The van der Waals surface area contributed by atoms with E-state index >= 15 is 0 Å². The van der Waals surface area contributed by atoms with Crippen molar-refractivity contribution in [3.63, 3.8) is 0 Å². The van der Waals surface area contributed by atoms with Crippen LogP contribution in [0.1, 0.15) is 21.5 Å². The van der Waals surface area contributed by atoms with Crippen molar-refractivity contribution in [3.05, 3.63) is 71.3 Å². The predicted molar refractivity (Wildman–Crippen MR) is 65.7 cm³/mol. The van der Waals surface area contributed by atoms with Crippen molar-refractivity contribution in [2.75, 3.05) is 0 Å². The lowest BCUT2D eigenvalue weighted by atomic mass is 10.0. The van der Waals surface area contributed by atoms with Gasteiger partial charge in [-0.05, 0) is 24.0 Å². The first kappa shape index (κ1) is 10.6. The van der Waals surface area contributed by atoms with Crippen LogP contribution in [-0.4, -0.2) is 6.29 Å². The van der Waals surface area contributed by atoms with E-state index in [2.05, 4.69) is 12.1 Å². The molecular weight excluding hydrogens is 196 g/mol. The molecule has 0 atom stereocenters. The predicted octanol–water partition coefficient (Wildman–Crippen LogP) is 3.28. The molecule has 0 spiro atoms. The molecule has 1 nitrogen and oxygen atoms in total. The van der Waals surface area contributed by atoms with Crippen LogP contribution in [-0.2, 0) is 12.8 Å². The summed E-state index contributed by atoms with van der Waals surface area (Å²) in [6.07, 6.45) is 2.82. The van der Waals surface area contributed by atoms with E-state index in [1.54, 1.807) is 0 Å². The van der Waals surface area contributed by atoms with E-state index in [9.17, 15) is 4.79 Å². The monoisotopic (exact) mass is 210 g/mol. The molecule has 2 aromatic carbocycles. The molecule has 80 valence electrons. The van der Waals surface area contributed by atoms with Crippen LogP contribution in [0.5, 0.6) is 0 Å². The average molecular weight is 210 g/mol. The fourth-order valence-electron chi connectivity index (χ4n) is 1.80. The second-order valence-corrected chi connectivity index (χ2v) is 3.80. The summed E-state index contributed by atoms with van der Waals surface area (Å²) in [5, 5.41) is 0. The van der Waals surface area contributed by atoms with Crippen molar-refractivity contribution in [3.8, 4) is 0 Å². The summed E-state index contributed by atoms with van der Waals surface area (Å²) in [4.78, 5) is 10.8. The zero-order valence-corrected chi connectivity index (χ0v) is 9.10. The number of rotatable bonds is 4.